The fourth-order valence-electron chi connectivity index (χ4n) is 3.22. The van der Waals surface area contributed by atoms with Gasteiger partial charge in [-0.3, -0.25) is 4.68 Å². The van der Waals surface area contributed by atoms with E-state index in [0.29, 0.717) is 17.5 Å². The Morgan fingerprint density at radius 1 is 1.50 bits per heavy atom. The first-order valence-corrected chi connectivity index (χ1v) is 7.30. The van der Waals surface area contributed by atoms with Crippen molar-refractivity contribution in [1.82, 2.24) is 15.1 Å². The Morgan fingerprint density at radius 3 is 2.89 bits per heavy atom. The van der Waals surface area contributed by atoms with E-state index in [1.807, 2.05) is 0 Å². The summed E-state index contributed by atoms with van der Waals surface area (Å²) in [6.45, 7) is 10.2. The molecule has 1 aromatic heterocycles. The van der Waals surface area contributed by atoms with E-state index < -0.39 is 0 Å². The van der Waals surface area contributed by atoms with Crippen molar-refractivity contribution >= 4 is 0 Å². The van der Waals surface area contributed by atoms with Gasteiger partial charge in [0.05, 0.1) is 11.7 Å². The standard InChI is InChI=1S/C15H27N3/c1-5-10-16-14-13(7-6-9-15(14,3)4)18-11-8-12(2)17-18/h8,11,13-14,16H,5-7,9-10H2,1-4H3. The van der Waals surface area contributed by atoms with Gasteiger partial charge in [-0.25, -0.2) is 0 Å². The number of nitrogens with zero attached hydrogens (tertiary/aromatic N) is 2. The summed E-state index contributed by atoms with van der Waals surface area (Å²) >= 11 is 0. The van der Waals surface area contributed by atoms with Crippen LogP contribution in [0, 0.1) is 12.3 Å². The molecule has 2 unspecified atom stereocenters. The topological polar surface area (TPSA) is 29.9 Å². The number of hydrogen-bond acceptors (Lipinski definition) is 2. The third-order valence-corrected chi connectivity index (χ3v) is 4.24. The summed E-state index contributed by atoms with van der Waals surface area (Å²) < 4.78 is 2.18. The minimum absolute atomic E-state index is 0.359. The second-order valence-electron chi connectivity index (χ2n) is 6.32. The third kappa shape index (κ3) is 2.77. The highest BCUT2D eigenvalue weighted by Gasteiger charge is 2.39. The maximum atomic E-state index is 4.63. The zero-order valence-electron chi connectivity index (χ0n) is 12.2. The number of aromatic nitrogens is 2. The molecule has 2 atom stereocenters. The molecule has 3 heteroatoms. The number of nitrogens with one attached hydrogen (secondary N) is 1. The van der Waals surface area contributed by atoms with Crippen LogP contribution in [0.2, 0.25) is 0 Å². The molecule has 0 radical (unpaired) electrons. The molecule has 0 saturated heterocycles. The normalized spacial score (nSPS) is 27.3. The molecule has 102 valence electrons. The van der Waals surface area contributed by atoms with E-state index in [4.69, 9.17) is 0 Å². The predicted molar refractivity (Wildman–Crippen MR) is 75.7 cm³/mol. The van der Waals surface area contributed by atoms with Gasteiger partial charge in [-0.1, -0.05) is 27.2 Å². The van der Waals surface area contributed by atoms with Crippen molar-refractivity contribution in [2.75, 3.05) is 6.54 Å². The highest BCUT2D eigenvalue weighted by atomic mass is 15.3. The van der Waals surface area contributed by atoms with Crippen LogP contribution in [-0.2, 0) is 0 Å². The van der Waals surface area contributed by atoms with E-state index in [1.165, 1.54) is 25.7 Å². The van der Waals surface area contributed by atoms with Gasteiger partial charge in [-0.15, -0.1) is 0 Å². The quantitative estimate of drug-likeness (QED) is 0.887. The molecule has 18 heavy (non-hydrogen) atoms. The maximum Gasteiger partial charge on any atom is 0.0677 e. The Kier molecular flexibility index (Phi) is 4.10. The van der Waals surface area contributed by atoms with E-state index in [0.717, 1.165) is 12.2 Å². The molecule has 1 fully saturated rings. The van der Waals surface area contributed by atoms with Crippen LogP contribution >= 0.6 is 0 Å². The van der Waals surface area contributed by atoms with Crippen LogP contribution in [0.15, 0.2) is 12.3 Å². The lowest BCUT2D eigenvalue weighted by atomic mass is 9.70. The first-order valence-electron chi connectivity index (χ1n) is 7.30. The van der Waals surface area contributed by atoms with Crippen molar-refractivity contribution in [3.05, 3.63) is 18.0 Å². The summed E-state index contributed by atoms with van der Waals surface area (Å²) in [4.78, 5) is 0. The van der Waals surface area contributed by atoms with Crippen molar-refractivity contribution in [3.8, 4) is 0 Å². The van der Waals surface area contributed by atoms with Crippen LogP contribution in [0.1, 0.15) is 58.2 Å². The van der Waals surface area contributed by atoms with E-state index in [9.17, 15) is 0 Å². The van der Waals surface area contributed by atoms with Gasteiger partial charge in [-0.05, 0) is 44.2 Å². The van der Waals surface area contributed by atoms with Gasteiger partial charge in [0.15, 0.2) is 0 Å². The second kappa shape index (κ2) is 5.43. The summed E-state index contributed by atoms with van der Waals surface area (Å²) in [5, 5.41) is 8.39. The van der Waals surface area contributed by atoms with Crippen molar-refractivity contribution in [3.63, 3.8) is 0 Å². The average molecular weight is 249 g/mol. The van der Waals surface area contributed by atoms with Crippen LogP contribution < -0.4 is 5.32 Å². The minimum atomic E-state index is 0.359. The number of rotatable bonds is 4. The lowest BCUT2D eigenvalue weighted by molar-refractivity contribution is 0.106. The average Bonchev–Trinajstić information content (AvgIpc) is 2.73. The third-order valence-electron chi connectivity index (χ3n) is 4.24. The molecule has 1 saturated carbocycles. The van der Waals surface area contributed by atoms with Crippen molar-refractivity contribution in [1.29, 1.82) is 0 Å². The van der Waals surface area contributed by atoms with E-state index in [2.05, 4.69) is 55.1 Å². The summed E-state index contributed by atoms with van der Waals surface area (Å²) in [7, 11) is 0. The van der Waals surface area contributed by atoms with Gasteiger partial charge < -0.3 is 5.32 Å². The van der Waals surface area contributed by atoms with Crippen molar-refractivity contribution < 1.29 is 0 Å². The Labute approximate surface area is 111 Å². The van der Waals surface area contributed by atoms with Crippen LogP contribution in [-0.4, -0.2) is 22.4 Å². The molecule has 0 bridgehead atoms. The lowest BCUT2D eigenvalue weighted by Crippen LogP contribution is -2.50. The molecule has 1 aromatic rings. The fraction of sp³-hybridized carbons (Fsp3) is 0.800. The van der Waals surface area contributed by atoms with Gasteiger partial charge in [0.2, 0.25) is 0 Å². The van der Waals surface area contributed by atoms with Gasteiger partial charge in [0, 0.05) is 12.2 Å². The van der Waals surface area contributed by atoms with Crippen molar-refractivity contribution in [2.24, 2.45) is 5.41 Å². The molecule has 1 aliphatic rings. The molecular formula is C15H27N3. The summed E-state index contributed by atoms with van der Waals surface area (Å²) in [6, 6.07) is 3.15. The largest absolute Gasteiger partial charge is 0.311 e. The Balaban J connectivity index is 2.19. The zero-order chi connectivity index (χ0) is 13.2. The first kappa shape index (κ1) is 13.6. The Bertz CT molecular complexity index is 381. The van der Waals surface area contributed by atoms with E-state index >= 15 is 0 Å². The molecule has 0 aliphatic heterocycles. The predicted octanol–water partition coefficient (Wildman–Crippen LogP) is 3.31. The zero-order valence-corrected chi connectivity index (χ0v) is 12.2. The van der Waals surface area contributed by atoms with E-state index in [1.54, 1.807) is 0 Å². The highest BCUT2D eigenvalue weighted by Crippen LogP contribution is 2.41. The summed E-state index contributed by atoms with van der Waals surface area (Å²) in [6.07, 6.45) is 7.19. The fourth-order valence-corrected chi connectivity index (χ4v) is 3.22. The van der Waals surface area contributed by atoms with Gasteiger partial charge in [0.25, 0.3) is 0 Å². The smallest absolute Gasteiger partial charge is 0.0677 e. The summed E-state index contributed by atoms with van der Waals surface area (Å²) in [5.74, 6) is 0. The van der Waals surface area contributed by atoms with Crippen LogP contribution in [0.3, 0.4) is 0 Å². The van der Waals surface area contributed by atoms with Crippen LogP contribution in [0.25, 0.3) is 0 Å². The van der Waals surface area contributed by atoms with Crippen LogP contribution in [0.5, 0.6) is 0 Å². The van der Waals surface area contributed by atoms with E-state index in [-0.39, 0.29) is 0 Å². The molecule has 2 rings (SSSR count). The molecule has 3 nitrogen and oxygen atoms in total. The molecule has 0 amide bonds. The number of aryl methyl sites for hydroxylation is 1. The SMILES string of the molecule is CCCNC1C(n2ccc(C)n2)CCCC1(C)C. The maximum absolute atomic E-state index is 4.63. The van der Waals surface area contributed by atoms with Gasteiger partial charge in [0.1, 0.15) is 0 Å². The Hall–Kier alpha value is -0.830. The van der Waals surface area contributed by atoms with Gasteiger partial charge in [-0.2, -0.15) is 5.10 Å². The van der Waals surface area contributed by atoms with Gasteiger partial charge >= 0.3 is 0 Å². The monoisotopic (exact) mass is 249 g/mol. The molecular weight excluding hydrogens is 222 g/mol. The van der Waals surface area contributed by atoms with Crippen LogP contribution in [0.4, 0.5) is 0 Å². The summed E-state index contributed by atoms with van der Waals surface area (Å²) in [5.41, 5.74) is 1.48. The molecule has 1 heterocycles. The van der Waals surface area contributed by atoms with Crippen molar-refractivity contribution in [2.45, 2.75) is 65.5 Å². The Morgan fingerprint density at radius 2 is 2.28 bits per heavy atom. The molecule has 0 aromatic carbocycles. The molecule has 1 N–H and O–H groups in total. The number of hydrogen-bond donors (Lipinski definition) is 1. The molecule has 0 spiro atoms. The second-order valence-corrected chi connectivity index (χ2v) is 6.32. The first-order chi connectivity index (χ1) is 8.54. The highest BCUT2D eigenvalue weighted by molar-refractivity contribution is 5.01. The lowest BCUT2D eigenvalue weighted by Gasteiger charge is -2.44. The minimum Gasteiger partial charge on any atom is -0.311 e. The molecule has 1 aliphatic carbocycles.